The Labute approximate surface area is 121 Å². The van der Waals surface area contributed by atoms with Crippen molar-refractivity contribution in [3.63, 3.8) is 0 Å². The molecule has 2 N–H and O–H groups in total. The molecule has 6 heteroatoms. The maximum atomic E-state index is 12.2. The molecule has 0 saturated carbocycles. The van der Waals surface area contributed by atoms with Gasteiger partial charge in [-0.3, -0.25) is 9.59 Å². The Morgan fingerprint density at radius 2 is 1.86 bits per heavy atom. The third-order valence-electron chi connectivity index (χ3n) is 3.05. The number of aromatic carboxylic acids is 1. The van der Waals surface area contributed by atoms with E-state index in [9.17, 15) is 14.4 Å². The van der Waals surface area contributed by atoms with Gasteiger partial charge >= 0.3 is 5.97 Å². The van der Waals surface area contributed by atoms with Gasteiger partial charge in [0, 0.05) is 18.8 Å². The fourth-order valence-electron chi connectivity index (χ4n) is 1.95. The van der Waals surface area contributed by atoms with Crippen LogP contribution in [0.15, 0.2) is 36.5 Å². The van der Waals surface area contributed by atoms with Crippen LogP contribution in [-0.2, 0) is 7.05 Å². The Hall–Kier alpha value is -2.89. The number of amides is 1. The first kappa shape index (κ1) is 14.5. The maximum absolute atomic E-state index is 12.2. The number of hydrogen-bond acceptors (Lipinski definition) is 3. The molecule has 21 heavy (non-hydrogen) atoms. The summed E-state index contributed by atoms with van der Waals surface area (Å²) in [6.07, 6.45) is 1.56. The normalized spacial score (nSPS) is 10.2. The number of carboxylic acid groups (broad SMARTS) is 1. The van der Waals surface area contributed by atoms with E-state index in [0.29, 0.717) is 5.56 Å². The molecule has 2 aromatic rings. The smallest absolute Gasteiger partial charge is 0.337 e. The minimum atomic E-state index is -1.12. The minimum absolute atomic E-state index is 0.00634. The molecular formula is C15H14N2O4. The zero-order chi connectivity index (χ0) is 15.6. The van der Waals surface area contributed by atoms with E-state index in [4.69, 9.17) is 5.11 Å². The van der Waals surface area contributed by atoms with Gasteiger partial charge in [0.2, 0.25) is 0 Å². The van der Waals surface area contributed by atoms with E-state index in [1.165, 1.54) is 29.7 Å². The van der Waals surface area contributed by atoms with E-state index in [1.807, 2.05) is 0 Å². The molecule has 6 nitrogen and oxygen atoms in total. The van der Waals surface area contributed by atoms with E-state index in [2.05, 4.69) is 5.32 Å². The molecule has 0 saturated heterocycles. The van der Waals surface area contributed by atoms with Crippen LogP contribution in [0.4, 0.5) is 5.69 Å². The SMILES string of the molecule is CC(=O)c1cc(C(=O)Nc2ccccc2C(=O)O)n(C)c1. The predicted octanol–water partition coefficient (Wildman–Crippen LogP) is 2.18. The van der Waals surface area contributed by atoms with Crippen molar-refractivity contribution in [2.24, 2.45) is 7.05 Å². The second kappa shape index (κ2) is 5.62. The fraction of sp³-hybridized carbons (Fsp3) is 0.133. The number of rotatable bonds is 4. The molecule has 1 aromatic heterocycles. The third kappa shape index (κ3) is 3.00. The molecule has 0 aliphatic carbocycles. The van der Waals surface area contributed by atoms with Gasteiger partial charge in [0.1, 0.15) is 5.69 Å². The van der Waals surface area contributed by atoms with Gasteiger partial charge in [-0.15, -0.1) is 0 Å². The molecule has 108 valence electrons. The zero-order valence-corrected chi connectivity index (χ0v) is 11.6. The van der Waals surface area contributed by atoms with Gasteiger partial charge in [-0.05, 0) is 25.1 Å². The van der Waals surface area contributed by atoms with Crippen LogP contribution in [-0.4, -0.2) is 27.3 Å². The van der Waals surface area contributed by atoms with Crippen LogP contribution in [0.1, 0.15) is 38.1 Å². The van der Waals surface area contributed by atoms with Gasteiger partial charge in [0.25, 0.3) is 5.91 Å². The predicted molar refractivity (Wildman–Crippen MR) is 76.8 cm³/mol. The molecule has 1 amide bonds. The number of carboxylic acids is 1. The number of ketones is 1. The van der Waals surface area contributed by atoms with Crippen LogP contribution >= 0.6 is 0 Å². The topological polar surface area (TPSA) is 88.4 Å². The molecule has 0 spiro atoms. The quantitative estimate of drug-likeness (QED) is 0.843. The molecule has 0 unspecified atom stereocenters. The van der Waals surface area contributed by atoms with Gasteiger partial charge in [0.05, 0.1) is 11.3 Å². The second-order valence-electron chi connectivity index (χ2n) is 4.59. The standard InChI is InChI=1S/C15H14N2O4/c1-9(18)10-7-13(17(2)8-10)14(19)16-12-6-4-3-5-11(12)15(20)21/h3-8H,1-2H3,(H,16,19)(H,20,21). The number of nitrogens with one attached hydrogen (secondary N) is 1. The van der Waals surface area contributed by atoms with Crippen molar-refractivity contribution in [1.82, 2.24) is 4.57 Å². The van der Waals surface area contributed by atoms with Gasteiger partial charge in [-0.2, -0.15) is 0 Å². The first-order valence-electron chi connectivity index (χ1n) is 6.21. The van der Waals surface area contributed by atoms with Crippen molar-refractivity contribution in [3.8, 4) is 0 Å². The van der Waals surface area contributed by atoms with Gasteiger partial charge in [-0.1, -0.05) is 12.1 Å². The Morgan fingerprint density at radius 1 is 1.19 bits per heavy atom. The molecule has 0 radical (unpaired) electrons. The lowest BCUT2D eigenvalue weighted by Gasteiger charge is -2.08. The highest BCUT2D eigenvalue weighted by atomic mass is 16.4. The highest BCUT2D eigenvalue weighted by Crippen LogP contribution is 2.17. The van der Waals surface area contributed by atoms with Gasteiger partial charge in [-0.25, -0.2) is 4.79 Å². The largest absolute Gasteiger partial charge is 0.478 e. The highest BCUT2D eigenvalue weighted by molar-refractivity contribution is 6.08. The molecule has 2 rings (SSSR count). The Balaban J connectivity index is 2.31. The van der Waals surface area contributed by atoms with Crippen LogP contribution in [0.5, 0.6) is 0 Å². The third-order valence-corrected chi connectivity index (χ3v) is 3.05. The lowest BCUT2D eigenvalue weighted by atomic mass is 10.1. The Bertz CT molecular complexity index is 731. The highest BCUT2D eigenvalue weighted by Gasteiger charge is 2.16. The van der Waals surface area contributed by atoms with Gasteiger partial charge < -0.3 is 15.0 Å². The number of aryl methyl sites for hydroxylation is 1. The van der Waals surface area contributed by atoms with E-state index in [0.717, 1.165) is 0 Å². The van der Waals surface area contributed by atoms with Crippen molar-refractivity contribution in [2.45, 2.75) is 6.92 Å². The fourth-order valence-corrected chi connectivity index (χ4v) is 1.95. The zero-order valence-electron chi connectivity index (χ0n) is 11.6. The summed E-state index contributed by atoms with van der Waals surface area (Å²) in [6.45, 7) is 1.41. The van der Waals surface area contributed by atoms with Crippen molar-refractivity contribution in [3.05, 3.63) is 53.3 Å². The number of hydrogen-bond donors (Lipinski definition) is 2. The lowest BCUT2D eigenvalue weighted by molar-refractivity contribution is 0.0697. The number of carbonyl (C=O) groups is 3. The van der Waals surface area contributed by atoms with Crippen LogP contribution in [0.25, 0.3) is 0 Å². The summed E-state index contributed by atoms with van der Waals surface area (Å²) in [5.41, 5.74) is 0.919. The number of nitrogens with zero attached hydrogens (tertiary/aromatic N) is 1. The second-order valence-corrected chi connectivity index (χ2v) is 4.59. The first-order chi connectivity index (χ1) is 9.90. The Morgan fingerprint density at radius 3 is 2.43 bits per heavy atom. The molecule has 0 atom stereocenters. The number of anilines is 1. The number of para-hydroxylation sites is 1. The number of benzene rings is 1. The van der Waals surface area contributed by atoms with E-state index >= 15 is 0 Å². The number of aromatic nitrogens is 1. The van der Waals surface area contributed by atoms with Crippen LogP contribution in [0.3, 0.4) is 0 Å². The van der Waals surface area contributed by atoms with Crippen molar-refractivity contribution in [2.75, 3.05) is 5.32 Å². The molecule has 1 aromatic carbocycles. The Kier molecular flexibility index (Phi) is 3.89. The van der Waals surface area contributed by atoms with Crippen molar-refractivity contribution in [1.29, 1.82) is 0 Å². The monoisotopic (exact) mass is 286 g/mol. The number of carbonyl (C=O) groups excluding carboxylic acids is 2. The average Bonchev–Trinajstić information content (AvgIpc) is 2.81. The average molecular weight is 286 g/mol. The molecule has 0 fully saturated rings. The summed E-state index contributed by atoms with van der Waals surface area (Å²) in [7, 11) is 1.64. The minimum Gasteiger partial charge on any atom is -0.478 e. The lowest BCUT2D eigenvalue weighted by Crippen LogP contribution is -2.17. The summed E-state index contributed by atoms with van der Waals surface area (Å²) in [6, 6.07) is 7.60. The van der Waals surface area contributed by atoms with Crippen LogP contribution < -0.4 is 5.32 Å². The van der Waals surface area contributed by atoms with E-state index in [1.54, 1.807) is 25.4 Å². The molecule has 0 bridgehead atoms. The van der Waals surface area contributed by atoms with E-state index < -0.39 is 11.9 Å². The van der Waals surface area contributed by atoms with Gasteiger partial charge in [0.15, 0.2) is 5.78 Å². The summed E-state index contributed by atoms with van der Waals surface area (Å²) >= 11 is 0. The molecular weight excluding hydrogens is 272 g/mol. The molecule has 0 aliphatic rings. The van der Waals surface area contributed by atoms with Crippen LogP contribution in [0.2, 0.25) is 0 Å². The first-order valence-corrected chi connectivity index (χ1v) is 6.21. The number of Topliss-reactive ketones (excluding diaryl/α,β-unsaturated/α-hetero) is 1. The van der Waals surface area contributed by atoms with Crippen molar-refractivity contribution < 1.29 is 19.5 Å². The van der Waals surface area contributed by atoms with Crippen LogP contribution in [0, 0.1) is 0 Å². The van der Waals surface area contributed by atoms with E-state index in [-0.39, 0.29) is 22.7 Å². The summed E-state index contributed by atoms with van der Waals surface area (Å²) in [5, 5.41) is 11.6. The maximum Gasteiger partial charge on any atom is 0.337 e. The van der Waals surface area contributed by atoms with Crippen molar-refractivity contribution >= 4 is 23.3 Å². The summed E-state index contributed by atoms with van der Waals surface area (Å²) in [4.78, 5) is 34.6. The summed E-state index contributed by atoms with van der Waals surface area (Å²) in [5.74, 6) is -1.74. The molecule has 0 aliphatic heterocycles. The summed E-state index contributed by atoms with van der Waals surface area (Å²) < 4.78 is 1.52. The molecule has 1 heterocycles.